The summed E-state index contributed by atoms with van der Waals surface area (Å²) in [5, 5.41) is 9.90. The molecule has 0 radical (unpaired) electrons. The summed E-state index contributed by atoms with van der Waals surface area (Å²) >= 11 is 0. The molecule has 0 aliphatic heterocycles. The molecule has 0 aromatic heterocycles. The first-order valence-corrected chi connectivity index (χ1v) is 6.12. The lowest BCUT2D eigenvalue weighted by Crippen LogP contribution is -2.26. The minimum absolute atomic E-state index is 0.0715. The smallest absolute Gasteiger partial charge is 0.0546 e. The van der Waals surface area contributed by atoms with Crippen LogP contribution < -0.4 is 0 Å². The maximum Gasteiger partial charge on any atom is 0.0546 e. The van der Waals surface area contributed by atoms with Crippen LogP contribution >= 0.6 is 0 Å². The van der Waals surface area contributed by atoms with Gasteiger partial charge >= 0.3 is 0 Å². The molecule has 0 saturated heterocycles. The fourth-order valence-corrected chi connectivity index (χ4v) is 5.55. The Morgan fingerprint density at radius 3 is 2.93 bits per heavy atom. The van der Waals surface area contributed by atoms with E-state index in [0.717, 1.165) is 23.7 Å². The van der Waals surface area contributed by atoms with Crippen LogP contribution in [0.2, 0.25) is 0 Å². The quantitative estimate of drug-likeness (QED) is 0.629. The molecule has 3 saturated carbocycles. The van der Waals surface area contributed by atoms with Gasteiger partial charge in [0.1, 0.15) is 0 Å². The maximum atomic E-state index is 9.90. The summed E-state index contributed by atoms with van der Waals surface area (Å²) in [7, 11) is 0. The predicted molar refractivity (Wildman–Crippen MR) is 54.6 cm³/mol. The zero-order valence-corrected chi connectivity index (χ0v) is 8.69. The van der Waals surface area contributed by atoms with Gasteiger partial charge in [-0.15, -0.1) is 0 Å². The number of allylic oxidation sites excluding steroid dienone is 2. The van der Waals surface area contributed by atoms with Crippen LogP contribution in [0.25, 0.3) is 0 Å². The zero-order chi connectivity index (χ0) is 9.50. The molecule has 14 heavy (non-hydrogen) atoms. The summed E-state index contributed by atoms with van der Waals surface area (Å²) in [6.45, 7) is 2.01. The van der Waals surface area contributed by atoms with Crippen molar-refractivity contribution in [3.05, 3.63) is 12.2 Å². The molecule has 3 fully saturated rings. The van der Waals surface area contributed by atoms with Gasteiger partial charge in [0.25, 0.3) is 0 Å². The molecule has 4 aliphatic rings. The summed E-state index contributed by atoms with van der Waals surface area (Å²) in [5.74, 6) is 4.30. The normalized spacial score (nSPS) is 64.0. The van der Waals surface area contributed by atoms with Crippen LogP contribution in [0.1, 0.15) is 26.2 Å². The molecule has 76 valence electrons. The van der Waals surface area contributed by atoms with E-state index in [-0.39, 0.29) is 6.10 Å². The maximum absolute atomic E-state index is 9.90. The Bertz CT molecular complexity index is 315. The first kappa shape index (κ1) is 7.92. The molecule has 0 bridgehead atoms. The van der Waals surface area contributed by atoms with E-state index in [4.69, 9.17) is 0 Å². The highest BCUT2D eigenvalue weighted by molar-refractivity contribution is 5.36. The van der Waals surface area contributed by atoms with Crippen LogP contribution in [0.5, 0.6) is 0 Å². The molecule has 0 aromatic carbocycles. The predicted octanol–water partition coefficient (Wildman–Crippen LogP) is 2.22. The third-order valence-electron chi connectivity index (χ3n) is 5.77. The average molecular weight is 190 g/mol. The van der Waals surface area contributed by atoms with E-state index in [1.165, 1.54) is 19.3 Å². The average Bonchev–Trinajstić information content (AvgIpc) is 2.45. The highest BCUT2D eigenvalue weighted by Gasteiger charge is 2.79. The van der Waals surface area contributed by atoms with Crippen molar-refractivity contribution >= 4 is 0 Å². The van der Waals surface area contributed by atoms with Gasteiger partial charge in [0.05, 0.1) is 6.10 Å². The molecule has 4 rings (SSSR count). The zero-order valence-electron chi connectivity index (χ0n) is 8.69. The monoisotopic (exact) mass is 190 g/mol. The van der Waals surface area contributed by atoms with Gasteiger partial charge in [0, 0.05) is 0 Å². The molecule has 7 atom stereocenters. The van der Waals surface area contributed by atoms with E-state index in [1.807, 2.05) is 6.92 Å². The summed E-state index contributed by atoms with van der Waals surface area (Å²) < 4.78 is 0. The van der Waals surface area contributed by atoms with Crippen molar-refractivity contribution in [2.75, 3.05) is 0 Å². The lowest BCUT2D eigenvalue weighted by atomic mass is 9.81. The number of aliphatic hydroxyl groups is 1. The number of hydrogen-bond acceptors (Lipinski definition) is 1. The van der Waals surface area contributed by atoms with Gasteiger partial charge in [-0.25, -0.2) is 0 Å². The third kappa shape index (κ3) is 0.589. The Hall–Kier alpha value is -0.300. The van der Waals surface area contributed by atoms with Crippen LogP contribution in [-0.2, 0) is 0 Å². The second-order valence-corrected chi connectivity index (χ2v) is 5.96. The van der Waals surface area contributed by atoms with E-state index in [0.29, 0.717) is 11.3 Å². The fraction of sp³-hybridized carbons (Fsp3) is 0.846. The molecule has 1 nitrogen and oxygen atoms in total. The van der Waals surface area contributed by atoms with Gasteiger partial charge in [-0.05, 0) is 61.2 Å². The van der Waals surface area contributed by atoms with Crippen LogP contribution in [0, 0.1) is 35.0 Å². The van der Waals surface area contributed by atoms with Crippen molar-refractivity contribution < 1.29 is 5.11 Å². The van der Waals surface area contributed by atoms with Crippen molar-refractivity contribution in [2.24, 2.45) is 35.0 Å². The SMILES string of the molecule is CC(O)C1CCC2CC3C=CC4C3C241. The van der Waals surface area contributed by atoms with E-state index < -0.39 is 0 Å². The first-order valence-electron chi connectivity index (χ1n) is 6.12. The Balaban J connectivity index is 1.79. The molecule has 1 N–H and O–H groups in total. The molecular weight excluding hydrogens is 172 g/mol. The second kappa shape index (κ2) is 2.11. The molecule has 7 unspecified atom stereocenters. The Morgan fingerprint density at radius 2 is 2.21 bits per heavy atom. The van der Waals surface area contributed by atoms with E-state index in [9.17, 15) is 5.11 Å². The third-order valence-corrected chi connectivity index (χ3v) is 5.77. The number of rotatable bonds is 1. The van der Waals surface area contributed by atoms with Crippen molar-refractivity contribution in [2.45, 2.75) is 32.3 Å². The Kier molecular flexibility index (Phi) is 1.19. The van der Waals surface area contributed by atoms with Crippen molar-refractivity contribution in [3.8, 4) is 0 Å². The molecule has 1 spiro atoms. The van der Waals surface area contributed by atoms with Gasteiger partial charge in [-0.3, -0.25) is 0 Å². The highest BCUT2D eigenvalue weighted by atomic mass is 16.3. The summed E-state index contributed by atoms with van der Waals surface area (Å²) in [4.78, 5) is 0. The van der Waals surface area contributed by atoms with Crippen molar-refractivity contribution in [1.82, 2.24) is 0 Å². The van der Waals surface area contributed by atoms with Gasteiger partial charge in [0.2, 0.25) is 0 Å². The topological polar surface area (TPSA) is 20.2 Å². The standard InChI is InChI=1S/C13H18O/c1-7(14)10-5-3-9-6-8-2-4-11-12(8)13(9,10)11/h2,4,7-12,14H,3,5-6H2,1H3. The molecule has 0 heterocycles. The van der Waals surface area contributed by atoms with Crippen molar-refractivity contribution in [3.63, 3.8) is 0 Å². The van der Waals surface area contributed by atoms with Gasteiger partial charge in [0.15, 0.2) is 0 Å². The van der Waals surface area contributed by atoms with Crippen LogP contribution in [-0.4, -0.2) is 11.2 Å². The summed E-state index contributed by atoms with van der Waals surface area (Å²) in [5.41, 5.74) is 0.591. The Morgan fingerprint density at radius 1 is 1.36 bits per heavy atom. The van der Waals surface area contributed by atoms with E-state index >= 15 is 0 Å². The number of hydrogen-bond donors (Lipinski definition) is 1. The van der Waals surface area contributed by atoms with Crippen LogP contribution in [0.4, 0.5) is 0 Å². The lowest BCUT2D eigenvalue weighted by molar-refractivity contribution is 0.0794. The van der Waals surface area contributed by atoms with Gasteiger partial charge in [-0.2, -0.15) is 0 Å². The minimum Gasteiger partial charge on any atom is -0.393 e. The minimum atomic E-state index is -0.0715. The largest absolute Gasteiger partial charge is 0.393 e. The highest BCUT2D eigenvalue weighted by Crippen LogP contribution is 2.83. The van der Waals surface area contributed by atoms with Crippen molar-refractivity contribution in [1.29, 1.82) is 0 Å². The first-order chi connectivity index (χ1) is 6.76. The second-order valence-electron chi connectivity index (χ2n) is 5.96. The molecular formula is C13H18O. The molecule has 0 aromatic rings. The van der Waals surface area contributed by atoms with Crippen LogP contribution in [0.3, 0.4) is 0 Å². The molecule has 0 amide bonds. The van der Waals surface area contributed by atoms with E-state index in [1.54, 1.807) is 0 Å². The molecule has 1 heteroatoms. The number of aliphatic hydroxyl groups excluding tert-OH is 1. The van der Waals surface area contributed by atoms with E-state index in [2.05, 4.69) is 12.2 Å². The fourth-order valence-electron chi connectivity index (χ4n) is 5.55. The Labute approximate surface area is 85.2 Å². The summed E-state index contributed by atoms with van der Waals surface area (Å²) in [6, 6.07) is 0. The van der Waals surface area contributed by atoms with Gasteiger partial charge < -0.3 is 5.11 Å². The summed E-state index contributed by atoms with van der Waals surface area (Å²) in [6.07, 6.45) is 8.96. The lowest BCUT2D eigenvalue weighted by Gasteiger charge is -2.25. The molecule has 4 aliphatic carbocycles. The van der Waals surface area contributed by atoms with Crippen LogP contribution in [0.15, 0.2) is 12.2 Å². The van der Waals surface area contributed by atoms with Gasteiger partial charge in [-0.1, -0.05) is 12.2 Å².